The fraction of sp³-hybridized carbons (Fsp3) is 0.211. The van der Waals surface area contributed by atoms with Crippen LogP contribution in [0.15, 0.2) is 48.7 Å². The van der Waals surface area contributed by atoms with Crippen molar-refractivity contribution < 1.29 is 13.9 Å². The fourth-order valence-electron chi connectivity index (χ4n) is 2.30. The molecule has 0 saturated heterocycles. The van der Waals surface area contributed by atoms with Crippen LogP contribution in [0.5, 0.6) is 11.6 Å². The largest absolute Gasteiger partial charge is 0.436 e. The first kappa shape index (κ1) is 17.6. The number of rotatable bonds is 6. The van der Waals surface area contributed by atoms with Crippen LogP contribution in [-0.2, 0) is 6.54 Å². The number of hydrogen-bond donors (Lipinski definition) is 2. The Morgan fingerprint density at radius 2 is 2.08 bits per heavy atom. The number of nitrogens with one attached hydrogen (secondary N) is 2. The molecule has 0 aliphatic carbocycles. The van der Waals surface area contributed by atoms with Crippen LogP contribution in [0.1, 0.15) is 41.5 Å². The number of ether oxygens (including phenoxy) is 1. The molecular formula is C19H19FN4O2. The number of carbonyl (C=O) groups is 1. The molecule has 2 aromatic heterocycles. The SMILES string of the molecule is CC(C)c1cc(C(=O)NCc2cccnc2Oc2ccccc2F)n[nH]1. The van der Waals surface area contributed by atoms with Crippen molar-refractivity contribution in [2.45, 2.75) is 26.3 Å². The van der Waals surface area contributed by atoms with E-state index in [9.17, 15) is 9.18 Å². The minimum Gasteiger partial charge on any atom is -0.436 e. The smallest absolute Gasteiger partial charge is 0.272 e. The average molecular weight is 354 g/mol. The number of benzene rings is 1. The second-order valence-electron chi connectivity index (χ2n) is 6.05. The number of pyridine rings is 1. The zero-order valence-corrected chi connectivity index (χ0v) is 14.5. The van der Waals surface area contributed by atoms with Crippen LogP contribution >= 0.6 is 0 Å². The maximum absolute atomic E-state index is 13.8. The van der Waals surface area contributed by atoms with Crippen molar-refractivity contribution in [1.82, 2.24) is 20.5 Å². The van der Waals surface area contributed by atoms with Crippen molar-refractivity contribution in [2.24, 2.45) is 0 Å². The van der Waals surface area contributed by atoms with Gasteiger partial charge >= 0.3 is 0 Å². The van der Waals surface area contributed by atoms with Crippen LogP contribution in [0, 0.1) is 5.82 Å². The lowest BCUT2D eigenvalue weighted by Gasteiger charge is -2.10. The molecule has 0 radical (unpaired) electrons. The number of hydrogen-bond acceptors (Lipinski definition) is 4. The first-order valence-electron chi connectivity index (χ1n) is 8.24. The standard InChI is InChI=1S/C19H19FN4O2/c1-12(2)15-10-16(24-23-15)18(25)22-11-13-6-5-9-21-19(13)26-17-8-4-3-7-14(17)20/h3-10,12H,11H2,1-2H3,(H,22,25)(H,23,24). The monoisotopic (exact) mass is 354 g/mol. The molecule has 0 unspecified atom stereocenters. The summed E-state index contributed by atoms with van der Waals surface area (Å²) in [5.74, 6) is -0.224. The van der Waals surface area contributed by atoms with Crippen molar-refractivity contribution in [3.8, 4) is 11.6 Å². The number of amides is 1. The summed E-state index contributed by atoms with van der Waals surface area (Å²) in [6, 6.07) is 11.3. The van der Waals surface area contributed by atoms with Gasteiger partial charge in [-0.25, -0.2) is 9.37 Å². The maximum atomic E-state index is 13.8. The first-order valence-corrected chi connectivity index (χ1v) is 8.24. The molecule has 0 spiro atoms. The summed E-state index contributed by atoms with van der Waals surface area (Å²) in [7, 11) is 0. The van der Waals surface area contributed by atoms with Gasteiger partial charge in [0.05, 0.1) is 0 Å². The molecule has 1 amide bonds. The highest BCUT2D eigenvalue weighted by atomic mass is 19.1. The number of halogens is 1. The number of aromatic amines is 1. The number of carbonyl (C=O) groups excluding carboxylic acids is 1. The van der Waals surface area contributed by atoms with Crippen molar-refractivity contribution in [1.29, 1.82) is 0 Å². The van der Waals surface area contributed by atoms with E-state index in [1.807, 2.05) is 13.8 Å². The summed E-state index contributed by atoms with van der Waals surface area (Å²) in [6.45, 7) is 4.20. The van der Waals surface area contributed by atoms with E-state index in [1.54, 1.807) is 36.5 Å². The van der Waals surface area contributed by atoms with Gasteiger partial charge in [-0.05, 0) is 30.2 Å². The second-order valence-corrected chi connectivity index (χ2v) is 6.05. The van der Waals surface area contributed by atoms with Crippen molar-refractivity contribution in [2.75, 3.05) is 0 Å². The van der Waals surface area contributed by atoms with Crippen molar-refractivity contribution in [3.05, 3.63) is 71.4 Å². The van der Waals surface area contributed by atoms with Gasteiger partial charge in [0, 0.05) is 24.0 Å². The number of para-hydroxylation sites is 1. The highest BCUT2D eigenvalue weighted by molar-refractivity contribution is 5.92. The van der Waals surface area contributed by atoms with Crippen LogP contribution in [0.2, 0.25) is 0 Å². The van der Waals surface area contributed by atoms with E-state index in [1.165, 1.54) is 12.1 Å². The average Bonchev–Trinajstić information content (AvgIpc) is 3.13. The van der Waals surface area contributed by atoms with E-state index in [4.69, 9.17) is 4.74 Å². The van der Waals surface area contributed by atoms with E-state index >= 15 is 0 Å². The molecule has 0 bridgehead atoms. The van der Waals surface area contributed by atoms with Crippen LogP contribution in [0.3, 0.4) is 0 Å². The van der Waals surface area contributed by atoms with E-state index in [-0.39, 0.29) is 30.0 Å². The predicted octanol–water partition coefficient (Wildman–Crippen LogP) is 3.79. The molecule has 7 heteroatoms. The van der Waals surface area contributed by atoms with Gasteiger partial charge in [0.2, 0.25) is 5.88 Å². The van der Waals surface area contributed by atoms with Crippen LogP contribution in [0.4, 0.5) is 4.39 Å². The maximum Gasteiger partial charge on any atom is 0.272 e. The summed E-state index contributed by atoms with van der Waals surface area (Å²) in [4.78, 5) is 16.4. The molecule has 6 nitrogen and oxygen atoms in total. The molecular weight excluding hydrogens is 335 g/mol. The Morgan fingerprint density at radius 3 is 2.81 bits per heavy atom. The lowest BCUT2D eigenvalue weighted by molar-refractivity contribution is 0.0945. The van der Waals surface area contributed by atoms with Gasteiger partial charge in [0.25, 0.3) is 5.91 Å². The second kappa shape index (κ2) is 7.77. The van der Waals surface area contributed by atoms with Gasteiger partial charge < -0.3 is 10.1 Å². The Kier molecular flexibility index (Phi) is 5.26. The normalized spacial score (nSPS) is 10.8. The highest BCUT2D eigenvalue weighted by Crippen LogP contribution is 2.25. The topological polar surface area (TPSA) is 79.9 Å². The summed E-state index contributed by atoms with van der Waals surface area (Å²) in [5.41, 5.74) is 1.83. The summed E-state index contributed by atoms with van der Waals surface area (Å²) < 4.78 is 19.3. The third-order valence-corrected chi connectivity index (χ3v) is 3.78. The highest BCUT2D eigenvalue weighted by Gasteiger charge is 2.14. The lowest BCUT2D eigenvalue weighted by atomic mass is 10.1. The zero-order chi connectivity index (χ0) is 18.5. The molecule has 2 N–H and O–H groups in total. The lowest BCUT2D eigenvalue weighted by Crippen LogP contribution is -2.23. The zero-order valence-electron chi connectivity index (χ0n) is 14.5. The molecule has 0 saturated carbocycles. The predicted molar refractivity (Wildman–Crippen MR) is 94.6 cm³/mol. The molecule has 0 aliphatic heterocycles. The number of H-pyrrole nitrogens is 1. The number of aromatic nitrogens is 3. The quantitative estimate of drug-likeness (QED) is 0.706. The molecule has 3 aromatic rings. The first-order chi connectivity index (χ1) is 12.5. The minimum atomic E-state index is -0.481. The Morgan fingerprint density at radius 1 is 1.27 bits per heavy atom. The van der Waals surface area contributed by atoms with E-state index in [2.05, 4.69) is 20.5 Å². The van der Waals surface area contributed by atoms with Gasteiger partial charge in [-0.1, -0.05) is 32.0 Å². The van der Waals surface area contributed by atoms with Crippen LogP contribution in [0.25, 0.3) is 0 Å². The third-order valence-electron chi connectivity index (χ3n) is 3.78. The molecule has 0 aliphatic rings. The van der Waals surface area contributed by atoms with Crippen molar-refractivity contribution in [3.63, 3.8) is 0 Å². The number of nitrogens with zero attached hydrogens (tertiary/aromatic N) is 2. The molecule has 3 rings (SSSR count). The molecule has 1 aromatic carbocycles. The van der Waals surface area contributed by atoms with Gasteiger partial charge in [-0.3, -0.25) is 9.89 Å². The Hall–Kier alpha value is -3.22. The summed E-state index contributed by atoms with van der Waals surface area (Å²) in [6.07, 6.45) is 1.55. The van der Waals surface area contributed by atoms with Crippen LogP contribution < -0.4 is 10.1 Å². The molecule has 0 fully saturated rings. The molecule has 2 heterocycles. The van der Waals surface area contributed by atoms with E-state index in [0.29, 0.717) is 11.3 Å². The Labute approximate surface area is 150 Å². The third kappa shape index (κ3) is 4.05. The molecule has 134 valence electrons. The van der Waals surface area contributed by atoms with Gasteiger partial charge in [-0.15, -0.1) is 0 Å². The van der Waals surface area contributed by atoms with Crippen LogP contribution in [-0.4, -0.2) is 21.1 Å². The summed E-state index contributed by atoms with van der Waals surface area (Å²) in [5, 5.41) is 9.64. The van der Waals surface area contributed by atoms with Gasteiger partial charge in [-0.2, -0.15) is 5.10 Å². The van der Waals surface area contributed by atoms with Gasteiger partial charge in [0.15, 0.2) is 11.6 Å². The Bertz CT molecular complexity index is 908. The Balaban J connectivity index is 1.70. The molecule has 26 heavy (non-hydrogen) atoms. The van der Waals surface area contributed by atoms with Crippen molar-refractivity contribution >= 4 is 5.91 Å². The van der Waals surface area contributed by atoms with E-state index < -0.39 is 5.82 Å². The minimum absolute atomic E-state index is 0.0765. The van der Waals surface area contributed by atoms with E-state index in [0.717, 1.165) is 5.69 Å². The fourth-order valence-corrected chi connectivity index (χ4v) is 2.30. The van der Waals surface area contributed by atoms with Gasteiger partial charge in [0.1, 0.15) is 5.69 Å². The molecule has 0 atom stereocenters. The summed E-state index contributed by atoms with van der Waals surface area (Å²) >= 11 is 0.